The Hall–Kier alpha value is -0.920. The zero-order chi connectivity index (χ0) is 15.0. The van der Waals surface area contributed by atoms with Crippen molar-refractivity contribution in [3.8, 4) is 0 Å². The smallest absolute Gasteiger partial charge is 0.290 e. The summed E-state index contributed by atoms with van der Waals surface area (Å²) in [4.78, 5) is 18.2. The van der Waals surface area contributed by atoms with Gasteiger partial charge in [-0.3, -0.25) is 4.79 Å². The van der Waals surface area contributed by atoms with E-state index in [1.54, 1.807) is 17.0 Å². The lowest BCUT2D eigenvalue weighted by Gasteiger charge is -2.19. The molecule has 1 aromatic rings. The third kappa shape index (κ3) is 3.36. The molecule has 1 amide bonds. The molecule has 3 atom stereocenters. The second-order valence-electron chi connectivity index (χ2n) is 5.61. The number of hydrogen-bond donors (Lipinski definition) is 1. The number of carbonyl (C=O) groups excluding carboxylic acids is 1. The number of pyridine rings is 1. The first-order valence-corrected chi connectivity index (χ1v) is 7.89. The molecule has 2 aliphatic rings. The average Bonchev–Trinajstić information content (AvgIpc) is 3.01. The van der Waals surface area contributed by atoms with Crippen LogP contribution in [0.4, 0.5) is 8.78 Å². The molecular formula is C14H18ClF2N3OS. The van der Waals surface area contributed by atoms with Gasteiger partial charge in [-0.1, -0.05) is 0 Å². The molecule has 122 valence electrons. The summed E-state index contributed by atoms with van der Waals surface area (Å²) in [7, 11) is 0. The lowest BCUT2D eigenvalue weighted by molar-refractivity contribution is 0.0775. The standard InChI is InChI=1S/C14H17F2N3OS.ClH/c15-14(16)21-12-9(2-1-5-18-12)13(20)19-6-8-3-4-11(17)10(8)7-19;/h1-2,5,8,10-11,14H,3-4,6-7,17H2;1H. The van der Waals surface area contributed by atoms with Crippen LogP contribution in [0.5, 0.6) is 0 Å². The van der Waals surface area contributed by atoms with Crippen LogP contribution in [0.15, 0.2) is 23.4 Å². The van der Waals surface area contributed by atoms with Crippen molar-refractivity contribution in [2.75, 3.05) is 13.1 Å². The molecule has 3 rings (SSSR count). The lowest BCUT2D eigenvalue weighted by Crippen LogP contribution is -2.33. The molecule has 3 unspecified atom stereocenters. The SMILES string of the molecule is Cl.NC1CCC2CN(C(=O)c3cccnc3SC(F)F)CC12. The maximum atomic E-state index is 12.6. The first-order valence-electron chi connectivity index (χ1n) is 7.01. The Balaban J connectivity index is 0.00000176. The zero-order valence-electron chi connectivity index (χ0n) is 11.8. The summed E-state index contributed by atoms with van der Waals surface area (Å²) in [6.07, 6.45) is 3.48. The number of nitrogens with zero attached hydrogens (tertiary/aromatic N) is 2. The van der Waals surface area contributed by atoms with Crippen LogP contribution in [-0.4, -0.2) is 40.7 Å². The molecule has 4 nitrogen and oxygen atoms in total. The number of alkyl halides is 2. The van der Waals surface area contributed by atoms with E-state index in [2.05, 4.69) is 4.98 Å². The average molecular weight is 350 g/mol. The van der Waals surface area contributed by atoms with Crippen LogP contribution in [0.3, 0.4) is 0 Å². The van der Waals surface area contributed by atoms with E-state index < -0.39 is 5.76 Å². The van der Waals surface area contributed by atoms with Crippen LogP contribution in [0.2, 0.25) is 0 Å². The van der Waals surface area contributed by atoms with E-state index in [9.17, 15) is 13.6 Å². The molecular weight excluding hydrogens is 332 g/mol. The number of aromatic nitrogens is 1. The largest absolute Gasteiger partial charge is 0.338 e. The predicted octanol–water partition coefficient (Wildman–Crippen LogP) is 2.63. The number of carbonyl (C=O) groups is 1. The third-order valence-corrected chi connectivity index (χ3v) is 5.13. The van der Waals surface area contributed by atoms with Crippen LogP contribution in [0.25, 0.3) is 0 Å². The van der Waals surface area contributed by atoms with Gasteiger partial charge in [-0.2, -0.15) is 8.78 Å². The van der Waals surface area contributed by atoms with Gasteiger partial charge in [-0.15, -0.1) is 12.4 Å². The van der Waals surface area contributed by atoms with Gasteiger partial charge in [0.2, 0.25) is 0 Å². The van der Waals surface area contributed by atoms with Crippen molar-refractivity contribution >= 4 is 30.1 Å². The third-order valence-electron chi connectivity index (χ3n) is 4.40. The monoisotopic (exact) mass is 349 g/mol. The van der Waals surface area contributed by atoms with E-state index >= 15 is 0 Å². The maximum Gasteiger partial charge on any atom is 0.290 e. The molecule has 1 aliphatic heterocycles. The molecule has 0 radical (unpaired) electrons. The van der Waals surface area contributed by atoms with Crippen molar-refractivity contribution in [1.82, 2.24) is 9.88 Å². The van der Waals surface area contributed by atoms with Gasteiger partial charge in [0, 0.05) is 25.3 Å². The second kappa shape index (κ2) is 7.10. The minimum atomic E-state index is -2.59. The van der Waals surface area contributed by atoms with Gasteiger partial charge in [0.15, 0.2) is 0 Å². The van der Waals surface area contributed by atoms with Crippen molar-refractivity contribution in [2.24, 2.45) is 17.6 Å². The van der Waals surface area contributed by atoms with Crippen LogP contribution < -0.4 is 5.73 Å². The van der Waals surface area contributed by atoms with E-state index in [1.165, 1.54) is 6.20 Å². The molecule has 1 aromatic heterocycles. The number of amides is 1. The normalized spacial score (nSPS) is 26.9. The molecule has 8 heteroatoms. The summed E-state index contributed by atoms with van der Waals surface area (Å²) in [5.74, 6) is -2.01. The highest BCUT2D eigenvalue weighted by Gasteiger charge is 2.42. The summed E-state index contributed by atoms with van der Waals surface area (Å²) in [5.41, 5.74) is 6.32. The quantitative estimate of drug-likeness (QED) is 0.852. The van der Waals surface area contributed by atoms with Gasteiger partial charge < -0.3 is 10.6 Å². The molecule has 2 N–H and O–H groups in total. The van der Waals surface area contributed by atoms with Crippen molar-refractivity contribution in [1.29, 1.82) is 0 Å². The van der Waals surface area contributed by atoms with Gasteiger partial charge in [-0.05, 0) is 48.6 Å². The summed E-state index contributed by atoms with van der Waals surface area (Å²) in [6, 6.07) is 3.32. The second-order valence-corrected chi connectivity index (χ2v) is 6.59. The number of hydrogen-bond acceptors (Lipinski definition) is 4. The highest BCUT2D eigenvalue weighted by atomic mass is 35.5. The number of rotatable bonds is 3. The van der Waals surface area contributed by atoms with Crippen LogP contribution >= 0.6 is 24.2 Å². The van der Waals surface area contributed by atoms with E-state index in [0.29, 0.717) is 36.7 Å². The van der Waals surface area contributed by atoms with Crippen molar-refractivity contribution in [3.63, 3.8) is 0 Å². The highest BCUT2D eigenvalue weighted by Crippen LogP contribution is 2.38. The van der Waals surface area contributed by atoms with Crippen LogP contribution in [-0.2, 0) is 0 Å². The van der Waals surface area contributed by atoms with Crippen molar-refractivity contribution in [2.45, 2.75) is 29.7 Å². The molecule has 0 bridgehead atoms. The van der Waals surface area contributed by atoms with Gasteiger partial charge in [0.1, 0.15) is 5.03 Å². The summed E-state index contributed by atoms with van der Waals surface area (Å²) < 4.78 is 25.1. The Morgan fingerprint density at radius 3 is 2.86 bits per heavy atom. The van der Waals surface area contributed by atoms with Crippen molar-refractivity contribution < 1.29 is 13.6 Å². The zero-order valence-corrected chi connectivity index (χ0v) is 13.5. The maximum absolute atomic E-state index is 12.6. The van der Waals surface area contributed by atoms with E-state index in [4.69, 9.17) is 5.73 Å². The Kier molecular flexibility index (Phi) is 5.63. The lowest BCUT2D eigenvalue weighted by atomic mass is 9.98. The van der Waals surface area contributed by atoms with Gasteiger partial charge >= 0.3 is 0 Å². The molecule has 0 spiro atoms. The highest BCUT2D eigenvalue weighted by molar-refractivity contribution is 7.99. The molecule has 22 heavy (non-hydrogen) atoms. The van der Waals surface area contributed by atoms with Crippen LogP contribution in [0.1, 0.15) is 23.2 Å². The van der Waals surface area contributed by atoms with Gasteiger partial charge in [-0.25, -0.2) is 4.98 Å². The van der Waals surface area contributed by atoms with E-state index in [0.717, 1.165) is 12.8 Å². The van der Waals surface area contributed by atoms with Gasteiger partial charge in [0.05, 0.1) is 5.56 Å². The number of nitrogens with two attached hydrogens (primary N) is 1. The Morgan fingerprint density at radius 2 is 2.18 bits per heavy atom. The minimum absolute atomic E-state index is 0. The van der Waals surface area contributed by atoms with Crippen molar-refractivity contribution in [3.05, 3.63) is 23.9 Å². The molecule has 1 saturated heterocycles. The number of likely N-dealkylation sites (tertiary alicyclic amines) is 1. The Morgan fingerprint density at radius 1 is 1.41 bits per heavy atom. The molecule has 2 heterocycles. The first-order chi connectivity index (χ1) is 10.1. The Labute approximate surface area is 138 Å². The Bertz CT molecular complexity index is 549. The summed E-state index contributed by atoms with van der Waals surface area (Å²) >= 11 is 0.317. The number of thioether (sulfide) groups is 1. The fourth-order valence-corrected chi connectivity index (χ4v) is 3.95. The predicted molar refractivity (Wildman–Crippen MR) is 83.4 cm³/mol. The molecule has 1 saturated carbocycles. The van der Waals surface area contributed by atoms with Crippen LogP contribution in [0, 0.1) is 11.8 Å². The fourth-order valence-electron chi connectivity index (χ4n) is 3.38. The topological polar surface area (TPSA) is 59.2 Å². The molecule has 2 fully saturated rings. The number of fused-ring (bicyclic) bond motifs is 1. The molecule has 0 aromatic carbocycles. The summed E-state index contributed by atoms with van der Waals surface area (Å²) in [5, 5.41) is 0.0962. The van der Waals surface area contributed by atoms with E-state index in [-0.39, 0.29) is 34.9 Å². The minimum Gasteiger partial charge on any atom is -0.338 e. The number of halogens is 3. The summed E-state index contributed by atoms with van der Waals surface area (Å²) in [6.45, 7) is 1.29. The van der Waals surface area contributed by atoms with Gasteiger partial charge in [0.25, 0.3) is 11.7 Å². The first kappa shape index (κ1) is 17.4. The van der Waals surface area contributed by atoms with E-state index in [1.807, 2.05) is 0 Å². The molecule has 1 aliphatic carbocycles. The fraction of sp³-hybridized carbons (Fsp3) is 0.571.